The van der Waals surface area contributed by atoms with Gasteiger partial charge >= 0.3 is 0 Å². The lowest BCUT2D eigenvalue weighted by atomic mass is 9.76. The van der Waals surface area contributed by atoms with Gasteiger partial charge in [0, 0.05) is 6.42 Å². The monoisotopic (exact) mass is 194 g/mol. The van der Waals surface area contributed by atoms with Gasteiger partial charge in [0.1, 0.15) is 0 Å². The highest BCUT2D eigenvalue weighted by atomic mass is 16.3. The molecule has 0 unspecified atom stereocenters. The maximum atomic E-state index is 10.2. The standard InChI is InChI=1S/C13H22O/c1-3-5-6-9-13(14)10-7-12(4-2)8-11-13/h1,12,14H,4-11H2,2H3. The van der Waals surface area contributed by atoms with E-state index in [1.165, 1.54) is 19.3 Å². The topological polar surface area (TPSA) is 20.2 Å². The van der Waals surface area contributed by atoms with E-state index in [1.54, 1.807) is 0 Å². The van der Waals surface area contributed by atoms with Crippen molar-refractivity contribution >= 4 is 0 Å². The highest BCUT2D eigenvalue weighted by molar-refractivity contribution is 4.88. The zero-order chi connectivity index (χ0) is 10.4. The van der Waals surface area contributed by atoms with Crippen molar-refractivity contribution in [1.82, 2.24) is 0 Å². The lowest BCUT2D eigenvalue weighted by Crippen LogP contribution is -2.33. The van der Waals surface area contributed by atoms with Gasteiger partial charge in [0.2, 0.25) is 0 Å². The van der Waals surface area contributed by atoms with Gasteiger partial charge in [-0.2, -0.15) is 0 Å². The molecule has 1 heteroatoms. The van der Waals surface area contributed by atoms with Crippen LogP contribution in [-0.4, -0.2) is 10.7 Å². The zero-order valence-corrected chi connectivity index (χ0v) is 9.26. The molecule has 0 atom stereocenters. The first kappa shape index (κ1) is 11.6. The lowest BCUT2D eigenvalue weighted by molar-refractivity contribution is -0.0180. The molecule has 80 valence electrons. The van der Waals surface area contributed by atoms with Crippen molar-refractivity contribution in [3.63, 3.8) is 0 Å². The van der Waals surface area contributed by atoms with Gasteiger partial charge in [-0.05, 0) is 44.4 Å². The number of rotatable bonds is 4. The van der Waals surface area contributed by atoms with Crippen LogP contribution in [-0.2, 0) is 0 Å². The largest absolute Gasteiger partial charge is 0.390 e. The summed E-state index contributed by atoms with van der Waals surface area (Å²) in [5.41, 5.74) is -0.386. The van der Waals surface area contributed by atoms with Gasteiger partial charge in [0.25, 0.3) is 0 Å². The van der Waals surface area contributed by atoms with Gasteiger partial charge in [-0.15, -0.1) is 12.3 Å². The first-order valence-electron chi connectivity index (χ1n) is 5.86. The molecule has 1 aliphatic carbocycles. The summed E-state index contributed by atoms with van der Waals surface area (Å²) in [6.07, 6.45) is 13.5. The molecule has 0 aromatic heterocycles. The summed E-state index contributed by atoms with van der Waals surface area (Å²) in [5.74, 6) is 3.48. The van der Waals surface area contributed by atoms with E-state index in [-0.39, 0.29) is 5.60 Å². The third kappa shape index (κ3) is 3.35. The summed E-state index contributed by atoms with van der Waals surface area (Å²) >= 11 is 0. The SMILES string of the molecule is C#CCCCC1(O)CCC(CC)CC1. The quantitative estimate of drug-likeness (QED) is 0.538. The summed E-state index contributed by atoms with van der Waals surface area (Å²) in [4.78, 5) is 0. The van der Waals surface area contributed by atoms with E-state index in [2.05, 4.69) is 12.8 Å². The first-order valence-corrected chi connectivity index (χ1v) is 5.86. The van der Waals surface area contributed by atoms with Crippen molar-refractivity contribution in [3.05, 3.63) is 0 Å². The highest BCUT2D eigenvalue weighted by Gasteiger charge is 2.31. The Balaban J connectivity index is 2.27. The van der Waals surface area contributed by atoms with Gasteiger partial charge in [0.15, 0.2) is 0 Å². The van der Waals surface area contributed by atoms with Gasteiger partial charge in [-0.1, -0.05) is 13.3 Å². The van der Waals surface area contributed by atoms with Crippen LogP contribution in [0.25, 0.3) is 0 Å². The molecule has 1 fully saturated rings. The zero-order valence-electron chi connectivity index (χ0n) is 9.26. The van der Waals surface area contributed by atoms with E-state index in [9.17, 15) is 5.11 Å². The molecule has 1 rings (SSSR count). The molecule has 0 aromatic rings. The summed E-state index contributed by atoms with van der Waals surface area (Å²) in [6, 6.07) is 0. The molecule has 1 aliphatic rings. The van der Waals surface area contributed by atoms with Crippen molar-refractivity contribution < 1.29 is 5.11 Å². The molecular formula is C13H22O. The maximum absolute atomic E-state index is 10.2. The van der Waals surface area contributed by atoms with Crippen molar-refractivity contribution in [3.8, 4) is 12.3 Å². The second-order valence-corrected chi connectivity index (χ2v) is 4.63. The maximum Gasteiger partial charge on any atom is 0.0648 e. The molecular weight excluding hydrogens is 172 g/mol. The molecule has 1 nitrogen and oxygen atoms in total. The summed E-state index contributed by atoms with van der Waals surface area (Å²) < 4.78 is 0. The minimum Gasteiger partial charge on any atom is -0.390 e. The molecule has 0 amide bonds. The van der Waals surface area contributed by atoms with Crippen LogP contribution in [0.3, 0.4) is 0 Å². The van der Waals surface area contributed by atoms with E-state index >= 15 is 0 Å². The summed E-state index contributed by atoms with van der Waals surface area (Å²) in [7, 11) is 0. The van der Waals surface area contributed by atoms with Gasteiger partial charge < -0.3 is 5.11 Å². The Bertz CT molecular complexity index is 194. The second-order valence-electron chi connectivity index (χ2n) is 4.63. The van der Waals surface area contributed by atoms with Crippen LogP contribution in [0.4, 0.5) is 0 Å². The van der Waals surface area contributed by atoms with E-state index < -0.39 is 0 Å². The Labute approximate surface area is 87.9 Å². The Hall–Kier alpha value is -0.480. The molecule has 1 saturated carbocycles. The van der Waals surface area contributed by atoms with Crippen LogP contribution in [0, 0.1) is 18.3 Å². The fraction of sp³-hybridized carbons (Fsp3) is 0.846. The average molecular weight is 194 g/mol. The molecule has 0 heterocycles. The van der Waals surface area contributed by atoms with Crippen LogP contribution in [0.2, 0.25) is 0 Å². The van der Waals surface area contributed by atoms with E-state index in [0.717, 1.165) is 38.0 Å². The molecule has 1 N–H and O–H groups in total. The fourth-order valence-corrected chi connectivity index (χ4v) is 2.39. The third-order valence-corrected chi connectivity index (χ3v) is 3.58. The van der Waals surface area contributed by atoms with E-state index in [1.807, 2.05) is 0 Å². The smallest absolute Gasteiger partial charge is 0.0648 e. The van der Waals surface area contributed by atoms with Crippen LogP contribution in [0.1, 0.15) is 58.3 Å². The minimum absolute atomic E-state index is 0.386. The van der Waals surface area contributed by atoms with Crippen molar-refractivity contribution in [2.24, 2.45) is 5.92 Å². The van der Waals surface area contributed by atoms with Crippen LogP contribution < -0.4 is 0 Å². The Morgan fingerprint density at radius 3 is 2.57 bits per heavy atom. The Morgan fingerprint density at radius 1 is 1.43 bits per heavy atom. The first-order chi connectivity index (χ1) is 6.70. The van der Waals surface area contributed by atoms with Crippen molar-refractivity contribution in [2.45, 2.75) is 63.9 Å². The number of terminal acetylenes is 1. The molecule has 0 aliphatic heterocycles. The van der Waals surface area contributed by atoms with Crippen LogP contribution in [0.15, 0.2) is 0 Å². The second kappa shape index (κ2) is 5.41. The number of aliphatic hydroxyl groups is 1. The van der Waals surface area contributed by atoms with Crippen LogP contribution in [0.5, 0.6) is 0 Å². The predicted octanol–water partition coefficient (Wildman–Crippen LogP) is 3.12. The molecule has 0 radical (unpaired) electrons. The van der Waals surface area contributed by atoms with E-state index in [4.69, 9.17) is 6.42 Å². The summed E-state index contributed by atoms with van der Waals surface area (Å²) in [6.45, 7) is 2.24. The van der Waals surface area contributed by atoms with Crippen molar-refractivity contribution in [1.29, 1.82) is 0 Å². The Morgan fingerprint density at radius 2 is 2.07 bits per heavy atom. The van der Waals surface area contributed by atoms with Gasteiger partial charge in [-0.25, -0.2) is 0 Å². The minimum atomic E-state index is -0.386. The average Bonchev–Trinajstić information content (AvgIpc) is 2.19. The Kier molecular flexibility index (Phi) is 4.48. The summed E-state index contributed by atoms with van der Waals surface area (Å²) in [5, 5.41) is 10.2. The molecule has 0 bridgehead atoms. The van der Waals surface area contributed by atoms with Gasteiger partial charge in [-0.3, -0.25) is 0 Å². The van der Waals surface area contributed by atoms with Gasteiger partial charge in [0.05, 0.1) is 5.60 Å². The molecule has 0 aromatic carbocycles. The predicted molar refractivity (Wildman–Crippen MR) is 59.9 cm³/mol. The highest BCUT2D eigenvalue weighted by Crippen LogP contribution is 2.36. The van der Waals surface area contributed by atoms with E-state index in [0.29, 0.717) is 0 Å². The number of hydrogen-bond acceptors (Lipinski definition) is 1. The molecule has 0 spiro atoms. The number of hydrogen-bond donors (Lipinski definition) is 1. The lowest BCUT2D eigenvalue weighted by Gasteiger charge is -2.35. The van der Waals surface area contributed by atoms with Crippen LogP contribution >= 0.6 is 0 Å². The molecule has 0 saturated heterocycles. The molecule has 14 heavy (non-hydrogen) atoms. The third-order valence-electron chi connectivity index (χ3n) is 3.58. The van der Waals surface area contributed by atoms with Crippen molar-refractivity contribution in [2.75, 3.05) is 0 Å². The number of unbranched alkanes of at least 4 members (excludes halogenated alkanes) is 1. The fourth-order valence-electron chi connectivity index (χ4n) is 2.39. The normalized spacial score (nSPS) is 32.5.